The number of aryl methyl sites for hydroxylation is 1. The van der Waals surface area contributed by atoms with Crippen LogP contribution in [-0.2, 0) is 24.7 Å². The van der Waals surface area contributed by atoms with Gasteiger partial charge in [-0.1, -0.05) is 53.0 Å². The van der Waals surface area contributed by atoms with Crippen LogP contribution in [0, 0.1) is 6.92 Å². The van der Waals surface area contributed by atoms with E-state index < -0.39 is 38.4 Å². The van der Waals surface area contributed by atoms with Gasteiger partial charge in [0.25, 0.3) is 10.0 Å². The van der Waals surface area contributed by atoms with E-state index in [1.807, 2.05) is 6.92 Å². The molecule has 1 amide bonds. The summed E-state index contributed by atoms with van der Waals surface area (Å²) in [5.74, 6) is -0.587. The highest BCUT2D eigenvalue weighted by Gasteiger charge is 2.29. The molecule has 0 unspecified atom stereocenters. The summed E-state index contributed by atoms with van der Waals surface area (Å²) in [5.41, 5.74) is 1.60. The van der Waals surface area contributed by atoms with Gasteiger partial charge in [-0.2, -0.15) is 0 Å². The second-order valence-electron chi connectivity index (χ2n) is 8.05. The van der Waals surface area contributed by atoms with Gasteiger partial charge in [0.1, 0.15) is 6.54 Å². The molecule has 3 aromatic rings. The first-order valence-corrected chi connectivity index (χ1v) is 14.5. The Bertz CT molecular complexity index is 1440. The van der Waals surface area contributed by atoms with Crippen LogP contribution in [0.5, 0.6) is 0 Å². The van der Waals surface area contributed by atoms with E-state index >= 15 is 0 Å². The molecule has 0 aliphatic heterocycles. The molecule has 11 heteroatoms. The van der Waals surface area contributed by atoms with Crippen LogP contribution in [0.1, 0.15) is 24.1 Å². The van der Waals surface area contributed by atoms with E-state index in [-0.39, 0.29) is 25.5 Å². The number of benzene rings is 3. The lowest BCUT2D eigenvalue weighted by Crippen LogP contribution is -2.41. The Labute approximate surface area is 215 Å². The van der Waals surface area contributed by atoms with E-state index in [2.05, 4.69) is 5.32 Å². The molecule has 0 heterocycles. The van der Waals surface area contributed by atoms with E-state index in [1.54, 1.807) is 31.2 Å². The number of carbonyl (C=O) groups excluding carboxylic acids is 1. The van der Waals surface area contributed by atoms with Crippen molar-refractivity contribution in [2.75, 3.05) is 17.1 Å². The minimum Gasteiger partial charge on any atom is -0.348 e. The van der Waals surface area contributed by atoms with Crippen LogP contribution in [0.25, 0.3) is 0 Å². The van der Waals surface area contributed by atoms with Crippen molar-refractivity contribution in [3.63, 3.8) is 0 Å². The molecule has 0 aliphatic carbocycles. The van der Waals surface area contributed by atoms with Crippen LogP contribution in [0.3, 0.4) is 0 Å². The second-order valence-corrected chi connectivity index (χ2v) is 12.8. The average Bonchev–Trinajstić information content (AvgIpc) is 2.79. The number of amides is 1. The number of halogens is 2. The molecule has 1 atom stereocenters. The number of anilines is 1. The van der Waals surface area contributed by atoms with Gasteiger partial charge in [-0.05, 0) is 61.9 Å². The zero-order chi connectivity index (χ0) is 26.0. The molecule has 0 aliphatic rings. The van der Waals surface area contributed by atoms with Crippen molar-refractivity contribution in [2.45, 2.75) is 29.7 Å². The molecule has 3 rings (SSSR count). The summed E-state index contributed by atoms with van der Waals surface area (Å²) < 4.78 is 51.3. The number of sulfone groups is 1. The molecule has 0 spiro atoms. The van der Waals surface area contributed by atoms with Gasteiger partial charge < -0.3 is 5.32 Å². The molecule has 35 heavy (non-hydrogen) atoms. The zero-order valence-electron chi connectivity index (χ0n) is 19.2. The Morgan fingerprint density at radius 2 is 1.49 bits per heavy atom. The molecule has 0 saturated heterocycles. The molecule has 1 N–H and O–H groups in total. The average molecular weight is 556 g/mol. The third kappa shape index (κ3) is 6.55. The number of sulfonamides is 1. The second kappa shape index (κ2) is 10.6. The fourth-order valence-electron chi connectivity index (χ4n) is 3.32. The summed E-state index contributed by atoms with van der Waals surface area (Å²) >= 11 is 12.4. The van der Waals surface area contributed by atoms with Crippen molar-refractivity contribution in [1.82, 2.24) is 5.32 Å². The number of nitrogens with one attached hydrogen (secondary N) is 1. The number of hydrogen-bond donors (Lipinski definition) is 1. The van der Waals surface area contributed by atoms with Crippen molar-refractivity contribution >= 4 is 54.7 Å². The third-order valence-electron chi connectivity index (χ3n) is 5.26. The van der Waals surface area contributed by atoms with Crippen LogP contribution in [0.15, 0.2) is 76.5 Å². The zero-order valence-corrected chi connectivity index (χ0v) is 22.3. The summed E-state index contributed by atoms with van der Waals surface area (Å²) in [6, 6.07) is 16.2. The van der Waals surface area contributed by atoms with Crippen LogP contribution < -0.4 is 9.62 Å². The maximum atomic E-state index is 13.5. The van der Waals surface area contributed by atoms with Crippen LogP contribution in [-0.4, -0.2) is 35.5 Å². The summed E-state index contributed by atoms with van der Waals surface area (Å²) in [5, 5.41) is 3.12. The molecule has 7 nitrogen and oxygen atoms in total. The monoisotopic (exact) mass is 554 g/mol. The molecule has 186 valence electrons. The van der Waals surface area contributed by atoms with Gasteiger partial charge in [-0.3, -0.25) is 9.10 Å². The Morgan fingerprint density at radius 3 is 2.06 bits per heavy atom. The quantitative estimate of drug-likeness (QED) is 0.431. The van der Waals surface area contributed by atoms with Gasteiger partial charge in [0.15, 0.2) is 9.84 Å². The lowest BCUT2D eigenvalue weighted by Gasteiger charge is -2.26. The predicted molar refractivity (Wildman–Crippen MR) is 138 cm³/mol. The van der Waals surface area contributed by atoms with Gasteiger partial charge in [0.2, 0.25) is 5.91 Å². The van der Waals surface area contributed by atoms with E-state index in [9.17, 15) is 21.6 Å². The third-order valence-corrected chi connectivity index (χ3v) is 8.72. The normalized spacial score (nSPS) is 12.7. The molecule has 0 aromatic heterocycles. The largest absolute Gasteiger partial charge is 0.348 e. The van der Waals surface area contributed by atoms with Crippen molar-refractivity contribution in [3.8, 4) is 0 Å². The first-order chi connectivity index (χ1) is 16.3. The van der Waals surface area contributed by atoms with Crippen molar-refractivity contribution in [2.24, 2.45) is 0 Å². The van der Waals surface area contributed by atoms with E-state index in [4.69, 9.17) is 23.2 Å². The van der Waals surface area contributed by atoms with Crippen molar-refractivity contribution in [1.29, 1.82) is 0 Å². The van der Waals surface area contributed by atoms with Crippen molar-refractivity contribution in [3.05, 3.63) is 87.9 Å². The molecular formula is C24H24Cl2N2O5S2. The smallest absolute Gasteiger partial charge is 0.264 e. The molecule has 0 radical (unpaired) electrons. The van der Waals surface area contributed by atoms with Gasteiger partial charge in [0, 0.05) is 11.3 Å². The molecule has 0 fully saturated rings. The van der Waals surface area contributed by atoms with Gasteiger partial charge in [0.05, 0.1) is 26.5 Å². The lowest BCUT2D eigenvalue weighted by atomic mass is 10.1. The fourth-order valence-corrected chi connectivity index (χ4v) is 5.82. The first kappa shape index (κ1) is 27.0. The van der Waals surface area contributed by atoms with Crippen LogP contribution in [0.2, 0.25) is 10.0 Å². The highest BCUT2D eigenvalue weighted by atomic mass is 35.5. The molecule has 0 saturated carbocycles. The Hall–Kier alpha value is -2.59. The summed E-state index contributed by atoms with van der Waals surface area (Å²) in [6.07, 6.45) is 1.11. The molecule has 0 bridgehead atoms. The summed E-state index contributed by atoms with van der Waals surface area (Å²) in [6.45, 7) is 2.99. The van der Waals surface area contributed by atoms with Crippen LogP contribution in [0.4, 0.5) is 5.69 Å². The number of hydrogen-bond acceptors (Lipinski definition) is 5. The van der Waals surface area contributed by atoms with E-state index in [1.165, 1.54) is 42.5 Å². The lowest BCUT2D eigenvalue weighted by molar-refractivity contribution is -0.120. The predicted octanol–water partition coefficient (Wildman–Crippen LogP) is 4.78. The van der Waals surface area contributed by atoms with E-state index in [0.717, 1.165) is 16.1 Å². The van der Waals surface area contributed by atoms with Gasteiger partial charge >= 0.3 is 0 Å². The minimum absolute atomic E-state index is 0.00338. The van der Waals surface area contributed by atoms with E-state index in [0.29, 0.717) is 5.56 Å². The topological polar surface area (TPSA) is 101 Å². The standard InChI is InChI=1S/C24H24Cl2N2O5S2/c1-16-4-9-21(10-5-16)35(32,33)28(23-14-19(25)8-13-22(23)26)15-24(29)27-17(2)18-6-11-20(12-7-18)34(3,30)31/h4-14,17H,15H2,1-3H3,(H,27,29)/t17-/m1/s1. The van der Waals surface area contributed by atoms with Crippen LogP contribution >= 0.6 is 23.2 Å². The molecular weight excluding hydrogens is 531 g/mol. The van der Waals surface area contributed by atoms with Gasteiger partial charge in [-0.25, -0.2) is 16.8 Å². The Balaban J connectivity index is 1.90. The summed E-state index contributed by atoms with van der Waals surface area (Å²) in [4.78, 5) is 13.1. The minimum atomic E-state index is -4.16. The Kier molecular flexibility index (Phi) is 8.16. The Morgan fingerprint density at radius 1 is 0.914 bits per heavy atom. The molecule has 3 aromatic carbocycles. The maximum absolute atomic E-state index is 13.5. The first-order valence-electron chi connectivity index (χ1n) is 10.4. The number of rotatable bonds is 8. The van der Waals surface area contributed by atoms with Crippen molar-refractivity contribution < 1.29 is 21.6 Å². The summed E-state index contributed by atoms with van der Waals surface area (Å²) in [7, 11) is -7.52. The highest BCUT2D eigenvalue weighted by Crippen LogP contribution is 2.33. The number of nitrogens with zero attached hydrogens (tertiary/aromatic N) is 1. The fraction of sp³-hybridized carbons (Fsp3) is 0.208. The van der Waals surface area contributed by atoms with Gasteiger partial charge in [-0.15, -0.1) is 0 Å². The highest BCUT2D eigenvalue weighted by molar-refractivity contribution is 7.93. The number of carbonyl (C=O) groups is 1. The SMILES string of the molecule is Cc1ccc(S(=O)(=O)N(CC(=O)N[C@H](C)c2ccc(S(C)(=O)=O)cc2)c2cc(Cl)ccc2Cl)cc1. The maximum Gasteiger partial charge on any atom is 0.264 e.